The van der Waals surface area contributed by atoms with Crippen LogP contribution >= 0.6 is 22.9 Å². The smallest absolute Gasteiger partial charge is 0.0717 e. The maximum atomic E-state index is 2.62. The van der Waals surface area contributed by atoms with Crippen molar-refractivity contribution in [2.24, 2.45) is 5.92 Å². The van der Waals surface area contributed by atoms with Gasteiger partial charge in [-0.25, -0.2) is 3.11 Å². The molecule has 0 amide bonds. The third-order valence-electron chi connectivity index (χ3n) is 3.67. The molecule has 0 aliphatic carbocycles. The van der Waals surface area contributed by atoms with Crippen molar-refractivity contribution in [1.29, 1.82) is 0 Å². The Labute approximate surface area is 90.4 Å². The second kappa shape index (κ2) is 3.24. The third-order valence-corrected chi connectivity index (χ3v) is 10.5. The molecule has 1 atom stereocenters. The van der Waals surface area contributed by atoms with Crippen LogP contribution in [0.5, 0.6) is 0 Å². The van der Waals surface area contributed by atoms with E-state index in [1.165, 1.54) is 6.17 Å². The predicted octanol–water partition coefficient (Wildman–Crippen LogP) is 3.07. The Balaban J connectivity index is 2.02. The first-order chi connectivity index (χ1) is 5.63. The van der Waals surface area contributed by atoms with Crippen LogP contribution in [0.3, 0.4) is 0 Å². The highest BCUT2D eigenvalue weighted by atomic mass is 127. The SMILES string of the molecule is CC(C)C1C[Si]2(CCC2)CN1I. The fraction of sp³-hybridized carbons (Fsp3) is 1.00. The zero-order chi connectivity index (χ0) is 8.77. The Morgan fingerprint density at radius 2 is 2.08 bits per heavy atom. The molecule has 2 saturated heterocycles. The summed E-state index contributed by atoms with van der Waals surface area (Å²) in [6.45, 7) is 4.75. The minimum atomic E-state index is -0.650. The van der Waals surface area contributed by atoms with Crippen LogP contribution < -0.4 is 0 Å². The quantitative estimate of drug-likeness (QED) is 0.408. The third kappa shape index (κ3) is 1.48. The van der Waals surface area contributed by atoms with Gasteiger partial charge in [0.15, 0.2) is 0 Å². The van der Waals surface area contributed by atoms with Crippen LogP contribution in [0.15, 0.2) is 0 Å². The lowest BCUT2D eigenvalue weighted by molar-refractivity contribution is 0.376. The van der Waals surface area contributed by atoms with Crippen LogP contribution in [-0.2, 0) is 0 Å². The van der Waals surface area contributed by atoms with Crippen molar-refractivity contribution in [3.05, 3.63) is 0 Å². The second-order valence-electron chi connectivity index (χ2n) is 4.93. The molecule has 0 bridgehead atoms. The first kappa shape index (κ1) is 9.46. The Hall–Kier alpha value is 0.907. The lowest BCUT2D eigenvalue weighted by atomic mass is 10.1. The van der Waals surface area contributed by atoms with Crippen molar-refractivity contribution in [2.75, 3.05) is 6.17 Å². The number of rotatable bonds is 1. The molecule has 70 valence electrons. The van der Waals surface area contributed by atoms with Gasteiger partial charge in [0.05, 0.1) is 8.07 Å². The van der Waals surface area contributed by atoms with Crippen LogP contribution in [0.2, 0.25) is 18.1 Å². The van der Waals surface area contributed by atoms with Crippen LogP contribution in [0.25, 0.3) is 0 Å². The minimum absolute atomic E-state index is 0.650. The summed E-state index contributed by atoms with van der Waals surface area (Å²) in [5.74, 6) is 0.870. The number of halogens is 1. The maximum absolute atomic E-state index is 2.62. The van der Waals surface area contributed by atoms with E-state index in [2.05, 4.69) is 39.8 Å². The molecule has 1 nitrogen and oxygen atoms in total. The number of hydrogen-bond donors (Lipinski definition) is 0. The van der Waals surface area contributed by atoms with E-state index in [0.29, 0.717) is 0 Å². The van der Waals surface area contributed by atoms with Crippen LogP contribution in [-0.4, -0.2) is 23.4 Å². The van der Waals surface area contributed by atoms with Gasteiger partial charge in [0.2, 0.25) is 0 Å². The number of hydrogen-bond acceptors (Lipinski definition) is 1. The van der Waals surface area contributed by atoms with E-state index in [9.17, 15) is 0 Å². The summed E-state index contributed by atoms with van der Waals surface area (Å²) in [6.07, 6.45) is 3.04. The molecule has 2 heterocycles. The van der Waals surface area contributed by atoms with E-state index >= 15 is 0 Å². The van der Waals surface area contributed by atoms with Crippen molar-refractivity contribution < 1.29 is 0 Å². The minimum Gasteiger partial charge on any atom is -0.247 e. The molecule has 0 saturated carbocycles. The van der Waals surface area contributed by atoms with Gasteiger partial charge in [-0.3, -0.25) is 0 Å². The summed E-state index contributed by atoms with van der Waals surface area (Å²) in [5.41, 5.74) is 0. The largest absolute Gasteiger partial charge is 0.247 e. The van der Waals surface area contributed by atoms with E-state index in [0.717, 1.165) is 12.0 Å². The van der Waals surface area contributed by atoms with E-state index in [4.69, 9.17) is 0 Å². The molecule has 2 aliphatic rings. The molecule has 2 fully saturated rings. The summed E-state index contributed by atoms with van der Waals surface area (Å²) in [7, 11) is -0.650. The van der Waals surface area contributed by atoms with Gasteiger partial charge in [-0.1, -0.05) is 32.4 Å². The van der Waals surface area contributed by atoms with E-state index in [1.54, 1.807) is 24.6 Å². The van der Waals surface area contributed by atoms with Crippen molar-refractivity contribution in [3.8, 4) is 0 Å². The molecule has 2 aliphatic heterocycles. The van der Waals surface area contributed by atoms with Crippen molar-refractivity contribution in [2.45, 2.75) is 44.4 Å². The van der Waals surface area contributed by atoms with Gasteiger partial charge in [0, 0.05) is 35.1 Å². The highest BCUT2D eigenvalue weighted by Crippen LogP contribution is 2.45. The van der Waals surface area contributed by atoms with E-state index < -0.39 is 8.07 Å². The van der Waals surface area contributed by atoms with E-state index in [1.807, 2.05) is 0 Å². The van der Waals surface area contributed by atoms with E-state index in [-0.39, 0.29) is 0 Å². The topological polar surface area (TPSA) is 3.24 Å². The standard InChI is InChI=1S/C9H18INSi/c1-8(2)9-6-12(4-3-5-12)7-11(9)10/h8-9H,3-7H2,1-2H3. The molecule has 3 heteroatoms. The Bertz CT molecular complexity index is 179. The predicted molar refractivity (Wildman–Crippen MR) is 64.1 cm³/mol. The maximum Gasteiger partial charge on any atom is 0.0717 e. The Kier molecular flexibility index (Phi) is 2.56. The lowest BCUT2D eigenvalue weighted by Gasteiger charge is -2.35. The highest BCUT2D eigenvalue weighted by molar-refractivity contribution is 14.1. The first-order valence-corrected chi connectivity index (χ1v) is 8.85. The average molecular weight is 295 g/mol. The number of nitrogens with zero attached hydrogens (tertiary/aromatic N) is 1. The van der Waals surface area contributed by atoms with Crippen molar-refractivity contribution >= 4 is 30.9 Å². The summed E-state index contributed by atoms with van der Waals surface area (Å²) >= 11 is 2.56. The van der Waals surface area contributed by atoms with Crippen LogP contribution in [0.4, 0.5) is 0 Å². The molecule has 1 spiro atoms. The zero-order valence-electron chi connectivity index (χ0n) is 8.02. The summed E-state index contributed by atoms with van der Waals surface area (Å²) in [4.78, 5) is 0. The van der Waals surface area contributed by atoms with Gasteiger partial charge < -0.3 is 0 Å². The molecule has 2 rings (SSSR count). The van der Waals surface area contributed by atoms with Gasteiger partial charge in [0.1, 0.15) is 0 Å². The average Bonchev–Trinajstić information content (AvgIpc) is 2.26. The lowest BCUT2D eigenvalue weighted by Crippen LogP contribution is -2.43. The molecule has 12 heavy (non-hydrogen) atoms. The second-order valence-corrected chi connectivity index (χ2v) is 10.9. The molecular formula is C9H18INSi. The summed E-state index contributed by atoms with van der Waals surface area (Å²) in [6, 6.07) is 5.79. The molecule has 0 radical (unpaired) electrons. The van der Waals surface area contributed by atoms with Crippen LogP contribution in [0.1, 0.15) is 20.3 Å². The zero-order valence-corrected chi connectivity index (χ0v) is 11.2. The Morgan fingerprint density at radius 3 is 2.33 bits per heavy atom. The molecule has 0 aromatic rings. The van der Waals surface area contributed by atoms with Gasteiger partial charge >= 0.3 is 0 Å². The monoisotopic (exact) mass is 295 g/mol. The van der Waals surface area contributed by atoms with Crippen molar-refractivity contribution in [1.82, 2.24) is 3.11 Å². The van der Waals surface area contributed by atoms with Crippen molar-refractivity contribution in [3.63, 3.8) is 0 Å². The molecule has 0 aromatic heterocycles. The van der Waals surface area contributed by atoms with Gasteiger partial charge in [0.25, 0.3) is 0 Å². The normalized spacial score (nSPS) is 34.5. The molecule has 0 N–H and O–H groups in total. The Morgan fingerprint density at radius 1 is 1.42 bits per heavy atom. The fourth-order valence-corrected chi connectivity index (χ4v) is 10.7. The molecular weight excluding hydrogens is 277 g/mol. The fourth-order valence-electron chi connectivity index (χ4n) is 2.64. The summed E-state index contributed by atoms with van der Waals surface area (Å²) in [5, 5.41) is 0. The highest BCUT2D eigenvalue weighted by Gasteiger charge is 2.49. The molecule has 1 unspecified atom stereocenters. The molecule has 0 aromatic carbocycles. The summed E-state index contributed by atoms with van der Waals surface area (Å²) < 4.78 is 2.62. The van der Waals surface area contributed by atoms with Gasteiger partial charge in [-0.2, -0.15) is 0 Å². The van der Waals surface area contributed by atoms with Crippen LogP contribution in [0, 0.1) is 5.92 Å². The first-order valence-electron chi connectivity index (χ1n) is 5.05. The van der Waals surface area contributed by atoms with Gasteiger partial charge in [-0.15, -0.1) is 0 Å². The van der Waals surface area contributed by atoms with Gasteiger partial charge in [-0.05, 0) is 12.0 Å².